The molecular weight excluding hydrogens is 334 g/mol. The molecule has 2 atom stereocenters. The van der Waals surface area contributed by atoms with Crippen LogP contribution in [0.4, 0.5) is 16.2 Å². The minimum Gasteiger partial charge on any atom is -0.481 e. The first-order valence-corrected chi connectivity index (χ1v) is 9.20. The molecular formula is C19H23N3O4. The van der Waals surface area contributed by atoms with Gasteiger partial charge in [0.1, 0.15) is 0 Å². The number of rotatable bonds is 3. The average Bonchev–Trinajstić information content (AvgIpc) is 3.29. The van der Waals surface area contributed by atoms with Crippen molar-refractivity contribution in [3.05, 3.63) is 24.3 Å². The van der Waals surface area contributed by atoms with E-state index in [1.807, 2.05) is 18.2 Å². The van der Waals surface area contributed by atoms with E-state index >= 15 is 0 Å². The molecule has 0 bridgehead atoms. The molecule has 3 amide bonds. The van der Waals surface area contributed by atoms with Crippen molar-refractivity contribution < 1.29 is 19.5 Å². The Labute approximate surface area is 152 Å². The molecule has 1 saturated carbocycles. The number of nitrogens with one attached hydrogen (secondary N) is 1. The van der Waals surface area contributed by atoms with Crippen molar-refractivity contribution in [3.63, 3.8) is 0 Å². The Morgan fingerprint density at radius 2 is 2.04 bits per heavy atom. The van der Waals surface area contributed by atoms with Gasteiger partial charge < -0.3 is 20.2 Å². The van der Waals surface area contributed by atoms with E-state index < -0.39 is 11.4 Å². The summed E-state index contributed by atoms with van der Waals surface area (Å²) in [7, 11) is 0. The van der Waals surface area contributed by atoms with E-state index in [9.17, 15) is 19.5 Å². The molecule has 0 radical (unpaired) electrons. The number of para-hydroxylation sites is 2. The zero-order valence-corrected chi connectivity index (χ0v) is 14.6. The van der Waals surface area contributed by atoms with Gasteiger partial charge in [-0.05, 0) is 37.3 Å². The third kappa shape index (κ3) is 2.62. The predicted octanol–water partition coefficient (Wildman–Crippen LogP) is 2.53. The summed E-state index contributed by atoms with van der Waals surface area (Å²) in [5.41, 5.74) is 0.506. The van der Waals surface area contributed by atoms with Gasteiger partial charge in [0.05, 0.1) is 16.8 Å². The van der Waals surface area contributed by atoms with Crippen molar-refractivity contribution in [1.29, 1.82) is 0 Å². The van der Waals surface area contributed by atoms with E-state index in [4.69, 9.17) is 0 Å². The van der Waals surface area contributed by atoms with Crippen molar-refractivity contribution >= 4 is 29.3 Å². The molecule has 3 aliphatic rings. The lowest BCUT2D eigenvalue weighted by atomic mass is 9.81. The molecule has 7 nitrogen and oxygen atoms in total. The third-order valence-electron chi connectivity index (χ3n) is 6.09. The van der Waals surface area contributed by atoms with Crippen LogP contribution in [-0.2, 0) is 9.59 Å². The van der Waals surface area contributed by atoms with Crippen LogP contribution in [-0.4, -0.2) is 47.5 Å². The Balaban J connectivity index is 1.51. The van der Waals surface area contributed by atoms with Crippen LogP contribution in [0.1, 0.15) is 32.1 Å². The monoisotopic (exact) mass is 357 g/mol. The molecule has 0 unspecified atom stereocenters. The van der Waals surface area contributed by atoms with Gasteiger partial charge in [0.25, 0.3) is 0 Å². The molecule has 2 N–H and O–H groups in total. The topological polar surface area (TPSA) is 90.0 Å². The lowest BCUT2D eigenvalue weighted by Crippen LogP contribution is -2.39. The highest BCUT2D eigenvalue weighted by Gasteiger charge is 2.55. The Bertz CT molecular complexity index is 765. The van der Waals surface area contributed by atoms with Crippen LogP contribution in [0.3, 0.4) is 0 Å². The molecule has 2 saturated heterocycles. The highest BCUT2D eigenvalue weighted by molar-refractivity contribution is 6.01. The number of amides is 3. The number of nitrogens with zero attached hydrogens (tertiary/aromatic N) is 2. The fraction of sp³-hybridized carbons (Fsp3) is 0.526. The number of urea groups is 1. The number of benzene rings is 1. The van der Waals surface area contributed by atoms with E-state index in [1.54, 1.807) is 15.9 Å². The summed E-state index contributed by atoms with van der Waals surface area (Å²) < 4.78 is 0. The maximum absolute atomic E-state index is 12.8. The first-order chi connectivity index (χ1) is 12.5. The van der Waals surface area contributed by atoms with E-state index in [1.165, 1.54) is 0 Å². The number of fused-ring (bicyclic) bond motifs is 1. The summed E-state index contributed by atoms with van der Waals surface area (Å²) in [6, 6.07) is 6.98. The zero-order valence-electron chi connectivity index (χ0n) is 14.6. The maximum Gasteiger partial charge on any atom is 0.321 e. The van der Waals surface area contributed by atoms with Crippen molar-refractivity contribution in [2.75, 3.05) is 29.9 Å². The molecule has 1 aliphatic carbocycles. The zero-order chi connectivity index (χ0) is 18.3. The molecule has 2 heterocycles. The van der Waals surface area contributed by atoms with Gasteiger partial charge in [-0.1, -0.05) is 18.6 Å². The number of carbonyl (C=O) groups excluding carboxylic acids is 2. The highest BCUT2D eigenvalue weighted by atomic mass is 16.4. The lowest BCUT2D eigenvalue weighted by molar-refractivity contribution is -0.149. The summed E-state index contributed by atoms with van der Waals surface area (Å²) >= 11 is 0. The Morgan fingerprint density at radius 1 is 1.23 bits per heavy atom. The fourth-order valence-corrected chi connectivity index (χ4v) is 4.71. The first-order valence-electron chi connectivity index (χ1n) is 9.20. The smallest absolute Gasteiger partial charge is 0.321 e. The number of carboxylic acid groups (broad SMARTS) is 1. The molecule has 3 fully saturated rings. The van der Waals surface area contributed by atoms with Gasteiger partial charge in [-0.25, -0.2) is 4.79 Å². The second-order valence-corrected chi connectivity index (χ2v) is 7.53. The summed E-state index contributed by atoms with van der Waals surface area (Å²) in [6.07, 6.45) is 3.74. The molecule has 26 heavy (non-hydrogen) atoms. The average molecular weight is 357 g/mol. The standard InChI is InChI=1S/C19H23N3O4/c23-16-8-4-10-22(16)15-7-2-1-6-14(15)20-18(26)21-11-13-5-3-9-19(13,12-21)17(24)25/h1-2,6-7,13H,3-5,8-12H2,(H,20,26)(H,24,25)/t13-,19+/m0/s1. The lowest BCUT2D eigenvalue weighted by Gasteiger charge is -2.24. The SMILES string of the molecule is O=C(Nc1ccccc1N1CCCC1=O)N1C[C@@H]2CCC[C@@]2(C(=O)O)C1. The normalized spacial score (nSPS) is 27.7. The number of aliphatic carboxylic acids is 1. The van der Waals surface area contributed by atoms with Crippen molar-refractivity contribution in [1.82, 2.24) is 4.90 Å². The molecule has 4 rings (SSSR count). The molecule has 7 heteroatoms. The van der Waals surface area contributed by atoms with Crippen LogP contribution in [0.15, 0.2) is 24.3 Å². The number of carboxylic acids is 1. The molecule has 1 aromatic rings. The Morgan fingerprint density at radius 3 is 2.73 bits per heavy atom. The van der Waals surface area contributed by atoms with Gasteiger partial charge in [-0.3, -0.25) is 9.59 Å². The van der Waals surface area contributed by atoms with Crippen LogP contribution in [0.25, 0.3) is 0 Å². The fourth-order valence-electron chi connectivity index (χ4n) is 4.71. The second-order valence-electron chi connectivity index (χ2n) is 7.53. The van der Waals surface area contributed by atoms with Crippen molar-refractivity contribution in [3.8, 4) is 0 Å². The first kappa shape index (κ1) is 16.9. The summed E-state index contributed by atoms with van der Waals surface area (Å²) in [6.45, 7) is 1.38. The van der Waals surface area contributed by atoms with E-state index in [0.717, 1.165) is 19.3 Å². The minimum atomic E-state index is -0.793. The Kier molecular flexibility index (Phi) is 4.09. The largest absolute Gasteiger partial charge is 0.481 e. The summed E-state index contributed by atoms with van der Waals surface area (Å²) in [4.78, 5) is 39.9. The van der Waals surface area contributed by atoms with Crippen LogP contribution in [0.5, 0.6) is 0 Å². The number of hydrogen-bond acceptors (Lipinski definition) is 3. The van der Waals surface area contributed by atoms with Crippen LogP contribution in [0, 0.1) is 11.3 Å². The van der Waals surface area contributed by atoms with Crippen molar-refractivity contribution in [2.24, 2.45) is 11.3 Å². The van der Waals surface area contributed by atoms with Gasteiger partial charge >= 0.3 is 12.0 Å². The van der Waals surface area contributed by atoms with Crippen LogP contribution in [0.2, 0.25) is 0 Å². The van der Waals surface area contributed by atoms with Crippen molar-refractivity contribution in [2.45, 2.75) is 32.1 Å². The number of likely N-dealkylation sites (tertiary alicyclic amines) is 1. The predicted molar refractivity (Wildman–Crippen MR) is 96.0 cm³/mol. The maximum atomic E-state index is 12.8. The van der Waals surface area contributed by atoms with Gasteiger partial charge in [0.15, 0.2) is 0 Å². The van der Waals surface area contributed by atoms with E-state index in [-0.39, 0.29) is 24.4 Å². The summed E-state index contributed by atoms with van der Waals surface area (Å²) in [5.74, 6) is -0.702. The third-order valence-corrected chi connectivity index (χ3v) is 6.09. The van der Waals surface area contributed by atoms with Crippen LogP contribution >= 0.6 is 0 Å². The number of hydrogen-bond donors (Lipinski definition) is 2. The molecule has 138 valence electrons. The van der Waals surface area contributed by atoms with Gasteiger partial charge in [0.2, 0.25) is 5.91 Å². The molecule has 0 spiro atoms. The summed E-state index contributed by atoms with van der Waals surface area (Å²) in [5, 5.41) is 12.6. The molecule has 1 aromatic carbocycles. The molecule has 2 aliphatic heterocycles. The van der Waals surface area contributed by atoms with E-state index in [2.05, 4.69) is 5.32 Å². The Hall–Kier alpha value is -2.57. The molecule has 0 aromatic heterocycles. The van der Waals surface area contributed by atoms with Gasteiger partial charge in [-0.2, -0.15) is 0 Å². The minimum absolute atomic E-state index is 0.0288. The van der Waals surface area contributed by atoms with Gasteiger partial charge in [0, 0.05) is 26.1 Å². The quantitative estimate of drug-likeness (QED) is 0.870. The second kappa shape index (κ2) is 6.30. The van der Waals surface area contributed by atoms with Gasteiger partial charge in [-0.15, -0.1) is 0 Å². The van der Waals surface area contributed by atoms with E-state index in [0.29, 0.717) is 37.3 Å². The van der Waals surface area contributed by atoms with Crippen LogP contribution < -0.4 is 10.2 Å². The highest BCUT2D eigenvalue weighted by Crippen LogP contribution is 2.49. The number of carbonyl (C=O) groups is 3. The number of anilines is 2.